The Bertz CT molecular complexity index is 826. The van der Waals surface area contributed by atoms with E-state index in [-0.39, 0.29) is 50.4 Å². The molecule has 1 aromatic carbocycles. The highest BCUT2D eigenvalue weighted by Crippen LogP contribution is 2.34. The molecule has 4 amide bonds. The molecule has 0 spiro atoms. The number of rotatable bonds is 9. The van der Waals surface area contributed by atoms with E-state index < -0.39 is 29.7 Å². The Morgan fingerprint density at radius 2 is 1.97 bits per heavy atom. The molecule has 0 aliphatic carbocycles. The van der Waals surface area contributed by atoms with E-state index in [2.05, 4.69) is 5.32 Å². The van der Waals surface area contributed by atoms with Crippen LogP contribution in [0.1, 0.15) is 40.5 Å². The van der Waals surface area contributed by atoms with Gasteiger partial charge in [0.05, 0.1) is 43.2 Å². The van der Waals surface area contributed by atoms with Gasteiger partial charge >= 0.3 is 0 Å². The van der Waals surface area contributed by atoms with Crippen molar-refractivity contribution in [1.82, 2.24) is 10.2 Å². The molecule has 0 saturated carbocycles. The first kappa shape index (κ1) is 20.9. The Morgan fingerprint density at radius 3 is 2.66 bits per heavy atom. The van der Waals surface area contributed by atoms with Crippen LogP contribution in [-0.4, -0.2) is 72.6 Å². The molecule has 0 aromatic heterocycles. The Morgan fingerprint density at radius 1 is 1.17 bits per heavy atom. The molecule has 2 heterocycles. The summed E-state index contributed by atoms with van der Waals surface area (Å²) in [4.78, 5) is 56.1. The minimum absolute atomic E-state index is 0.0642. The number of nitrogens with zero attached hydrogens (tertiary/aromatic N) is 2. The first-order valence-corrected chi connectivity index (χ1v) is 9.43. The van der Waals surface area contributed by atoms with Gasteiger partial charge in [-0.3, -0.25) is 39.3 Å². The topological polar surface area (TPSA) is 125 Å². The Hall–Kier alpha value is -2.82. The number of nitrogens with one attached hydrogen (secondary N) is 1. The van der Waals surface area contributed by atoms with Crippen molar-refractivity contribution in [2.24, 2.45) is 0 Å². The number of ether oxygens (including phenoxy) is 1. The maximum Gasteiger partial charge on any atom is 0.264 e. The smallest absolute Gasteiger partial charge is 0.264 e. The number of hydrogen-bond donors (Lipinski definition) is 2. The number of amides is 4. The molecule has 1 fully saturated rings. The second kappa shape index (κ2) is 9.12. The number of imide groups is 2. The van der Waals surface area contributed by atoms with Gasteiger partial charge in [0, 0.05) is 13.0 Å². The number of carbonyl (C=O) groups excluding carboxylic acids is 4. The van der Waals surface area contributed by atoms with E-state index in [0.29, 0.717) is 12.2 Å². The van der Waals surface area contributed by atoms with Crippen molar-refractivity contribution in [3.05, 3.63) is 29.3 Å². The second-order valence-electron chi connectivity index (χ2n) is 6.51. The SMILES string of the molecule is CCN(OCCOCCO)c1cccc2c1C(=O)N(C1CCC(=O)NC1=O)C2=O. The number of piperidine rings is 1. The fourth-order valence-electron chi connectivity index (χ4n) is 3.41. The van der Waals surface area contributed by atoms with Gasteiger partial charge in [0.2, 0.25) is 11.8 Å². The van der Waals surface area contributed by atoms with Crippen molar-refractivity contribution in [2.45, 2.75) is 25.8 Å². The highest BCUT2D eigenvalue weighted by Gasteiger charge is 2.46. The monoisotopic (exact) mass is 405 g/mol. The molecular formula is C19H23N3O7. The molecule has 29 heavy (non-hydrogen) atoms. The standard InChI is InChI=1S/C19H23N3O7/c1-2-21(29-11-10-28-9-8-23)13-5-3-4-12-16(13)19(27)22(18(12)26)14-6-7-15(24)20-17(14)25/h3-5,14,23H,2,6-11H2,1H3,(H,20,24,25). The third kappa shape index (κ3) is 4.14. The lowest BCUT2D eigenvalue weighted by atomic mass is 10.0. The third-order valence-corrected chi connectivity index (χ3v) is 4.71. The summed E-state index contributed by atoms with van der Waals surface area (Å²) in [6, 6.07) is 3.82. The molecule has 2 aliphatic heterocycles. The van der Waals surface area contributed by atoms with Gasteiger partial charge in [-0.15, -0.1) is 0 Å². The third-order valence-electron chi connectivity index (χ3n) is 4.71. The van der Waals surface area contributed by atoms with Crippen molar-refractivity contribution in [3.8, 4) is 0 Å². The van der Waals surface area contributed by atoms with E-state index in [1.807, 2.05) is 6.92 Å². The van der Waals surface area contributed by atoms with Crippen LogP contribution in [0, 0.1) is 0 Å². The molecular weight excluding hydrogens is 382 g/mol. The van der Waals surface area contributed by atoms with Crippen molar-refractivity contribution in [1.29, 1.82) is 0 Å². The van der Waals surface area contributed by atoms with Crippen molar-refractivity contribution < 1.29 is 33.9 Å². The quantitative estimate of drug-likeness (QED) is 0.330. The van der Waals surface area contributed by atoms with Crippen LogP contribution in [0.4, 0.5) is 5.69 Å². The van der Waals surface area contributed by atoms with Crippen molar-refractivity contribution in [2.75, 3.05) is 38.0 Å². The summed E-state index contributed by atoms with van der Waals surface area (Å²) in [5.41, 5.74) is 0.774. The molecule has 156 valence electrons. The fourth-order valence-corrected chi connectivity index (χ4v) is 3.41. The summed E-state index contributed by atoms with van der Waals surface area (Å²) in [7, 11) is 0. The van der Waals surface area contributed by atoms with E-state index in [1.54, 1.807) is 12.1 Å². The second-order valence-corrected chi connectivity index (χ2v) is 6.51. The van der Waals surface area contributed by atoms with Crippen LogP contribution in [0.15, 0.2) is 18.2 Å². The molecule has 1 unspecified atom stereocenters. The lowest BCUT2D eigenvalue weighted by Crippen LogP contribution is -2.54. The predicted octanol–water partition coefficient (Wildman–Crippen LogP) is -0.145. The maximum atomic E-state index is 13.1. The van der Waals surface area contributed by atoms with Crippen LogP contribution in [0.5, 0.6) is 0 Å². The van der Waals surface area contributed by atoms with Crippen molar-refractivity contribution >= 4 is 29.3 Å². The molecule has 0 radical (unpaired) electrons. The van der Waals surface area contributed by atoms with Gasteiger partial charge in [0.1, 0.15) is 6.04 Å². The van der Waals surface area contributed by atoms with Crippen LogP contribution < -0.4 is 10.4 Å². The van der Waals surface area contributed by atoms with Gasteiger partial charge in [-0.1, -0.05) is 6.07 Å². The summed E-state index contributed by atoms with van der Waals surface area (Å²) < 4.78 is 5.16. The number of aliphatic hydroxyl groups excluding tert-OH is 1. The average Bonchev–Trinajstić information content (AvgIpc) is 2.96. The zero-order chi connectivity index (χ0) is 21.0. The summed E-state index contributed by atoms with van der Waals surface area (Å²) in [5.74, 6) is -2.23. The first-order chi connectivity index (χ1) is 14.0. The highest BCUT2D eigenvalue weighted by atomic mass is 16.7. The van der Waals surface area contributed by atoms with E-state index >= 15 is 0 Å². The lowest BCUT2D eigenvalue weighted by molar-refractivity contribution is -0.136. The molecule has 1 aromatic rings. The molecule has 0 bridgehead atoms. The van der Waals surface area contributed by atoms with Gasteiger partial charge in [0.15, 0.2) is 0 Å². The first-order valence-electron chi connectivity index (χ1n) is 9.43. The molecule has 3 rings (SSSR count). The van der Waals surface area contributed by atoms with Gasteiger partial charge in [-0.2, -0.15) is 0 Å². The largest absolute Gasteiger partial charge is 0.394 e. The minimum Gasteiger partial charge on any atom is -0.394 e. The van der Waals surface area contributed by atoms with Gasteiger partial charge in [-0.05, 0) is 25.5 Å². The lowest BCUT2D eigenvalue weighted by Gasteiger charge is -2.28. The van der Waals surface area contributed by atoms with E-state index in [0.717, 1.165) is 4.90 Å². The van der Waals surface area contributed by atoms with Crippen LogP contribution in [0.2, 0.25) is 0 Å². The van der Waals surface area contributed by atoms with Crippen LogP contribution in [0.25, 0.3) is 0 Å². The maximum absolute atomic E-state index is 13.1. The number of benzene rings is 1. The number of carbonyl (C=O) groups is 4. The Labute approximate surface area is 167 Å². The molecule has 1 atom stereocenters. The number of anilines is 1. The van der Waals surface area contributed by atoms with Gasteiger partial charge in [0.25, 0.3) is 11.8 Å². The zero-order valence-corrected chi connectivity index (χ0v) is 16.1. The number of aliphatic hydroxyl groups is 1. The summed E-state index contributed by atoms with van der Waals surface area (Å²) in [6.07, 6.45) is 0.163. The van der Waals surface area contributed by atoms with Gasteiger partial charge in [-0.25, -0.2) is 0 Å². The zero-order valence-electron chi connectivity index (χ0n) is 16.1. The van der Waals surface area contributed by atoms with E-state index in [4.69, 9.17) is 14.7 Å². The molecule has 1 saturated heterocycles. The van der Waals surface area contributed by atoms with Crippen molar-refractivity contribution in [3.63, 3.8) is 0 Å². The van der Waals surface area contributed by atoms with Gasteiger partial charge < -0.3 is 9.84 Å². The highest BCUT2D eigenvalue weighted by molar-refractivity contribution is 6.25. The molecule has 10 nitrogen and oxygen atoms in total. The van der Waals surface area contributed by atoms with Crippen LogP contribution in [0.3, 0.4) is 0 Å². The minimum atomic E-state index is -1.02. The number of hydroxylamine groups is 1. The fraction of sp³-hybridized carbons (Fsp3) is 0.474. The number of fused-ring (bicyclic) bond motifs is 1. The average molecular weight is 405 g/mol. The Balaban J connectivity index is 1.82. The summed E-state index contributed by atoms with van der Waals surface area (Å²) in [6.45, 7) is 2.78. The van der Waals surface area contributed by atoms with Crippen LogP contribution in [-0.2, 0) is 19.2 Å². The van der Waals surface area contributed by atoms with E-state index in [1.165, 1.54) is 11.1 Å². The Kier molecular flexibility index (Phi) is 6.57. The number of hydrogen-bond acceptors (Lipinski definition) is 8. The molecule has 2 aliphatic rings. The predicted molar refractivity (Wildman–Crippen MR) is 100.0 cm³/mol. The summed E-state index contributed by atoms with van der Waals surface area (Å²) >= 11 is 0. The summed E-state index contributed by atoms with van der Waals surface area (Å²) in [5, 5.41) is 12.4. The normalized spacial score (nSPS) is 18.8. The van der Waals surface area contributed by atoms with E-state index in [9.17, 15) is 19.2 Å². The molecule has 2 N–H and O–H groups in total. The molecule has 10 heteroatoms. The van der Waals surface area contributed by atoms with Crippen LogP contribution >= 0.6 is 0 Å².